The molecule has 0 radical (unpaired) electrons. The van der Waals surface area contributed by atoms with E-state index in [1.54, 1.807) is 0 Å². The van der Waals surface area contributed by atoms with Crippen LogP contribution in [0.1, 0.15) is 44.6 Å². The van der Waals surface area contributed by atoms with Gasteiger partial charge in [-0.05, 0) is 36.8 Å². The fraction of sp³-hybridized carbons (Fsp3) is 0.611. The molecular weight excluding hydrogens is 248 g/mol. The van der Waals surface area contributed by atoms with Crippen molar-refractivity contribution >= 4 is 5.78 Å². The third-order valence-electron chi connectivity index (χ3n) is 5.04. The summed E-state index contributed by atoms with van der Waals surface area (Å²) in [4.78, 5) is 12.7. The normalized spacial score (nSPS) is 29.4. The zero-order valence-electron chi connectivity index (χ0n) is 12.3. The Bertz CT molecular complexity index is 480. The van der Waals surface area contributed by atoms with Gasteiger partial charge in [-0.15, -0.1) is 0 Å². The quantitative estimate of drug-likeness (QED) is 0.830. The first-order valence-corrected chi connectivity index (χ1v) is 8.02. The number of carbonyl (C=O) groups excluding carboxylic acids is 1. The van der Waals surface area contributed by atoms with Crippen molar-refractivity contribution in [1.29, 1.82) is 0 Å². The summed E-state index contributed by atoms with van der Waals surface area (Å²) in [6, 6.07) is 8.12. The molecule has 1 aromatic rings. The average molecular weight is 272 g/mol. The summed E-state index contributed by atoms with van der Waals surface area (Å²) in [5.74, 6) is 2.54. The molecule has 0 N–H and O–H groups in total. The fourth-order valence-corrected chi connectivity index (χ4v) is 3.76. The summed E-state index contributed by atoms with van der Waals surface area (Å²) < 4.78 is 5.78. The molecule has 0 bridgehead atoms. The minimum atomic E-state index is 0.0745. The van der Waals surface area contributed by atoms with Crippen LogP contribution in [0.3, 0.4) is 0 Å². The van der Waals surface area contributed by atoms with Crippen molar-refractivity contribution in [1.82, 2.24) is 0 Å². The molecule has 0 saturated heterocycles. The third kappa shape index (κ3) is 2.74. The first-order valence-electron chi connectivity index (χ1n) is 8.02. The number of hydrogen-bond donors (Lipinski definition) is 0. The number of benzene rings is 1. The van der Waals surface area contributed by atoms with E-state index in [1.165, 1.54) is 24.8 Å². The fourth-order valence-electron chi connectivity index (χ4n) is 3.76. The molecule has 1 aromatic carbocycles. The summed E-state index contributed by atoms with van der Waals surface area (Å²) in [6.07, 6.45) is 6.81. The first kappa shape index (κ1) is 13.7. The van der Waals surface area contributed by atoms with E-state index in [9.17, 15) is 4.79 Å². The van der Waals surface area contributed by atoms with Crippen molar-refractivity contribution < 1.29 is 9.53 Å². The van der Waals surface area contributed by atoms with E-state index in [0.29, 0.717) is 12.4 Å². The number of para-hydroxylation sites is 1. The van der Waals surface area contributed by atoms with Gasteiger partial charge in [0.25, 0.3) is 0 Å². The Morgan fingerprint density at radius 1 is 1.25 bits per heavy atom. The van der Waals surface area contributed by atoms with Crippen molar-refractivity contribution in [2.45, 2.75) is 45.4 Å². The lowest BCUT2D eigenvalue weighted by atomic mass is 9.74. The van der Waals surface area contributed by atoms with Crippen LogP contribution in [0.5, 0.6) is 5.75 Å². The molecule has 20 heavy (non-hydrogen) atoms. The predicted octanol–water partition coefficient (Wildman–Crippen LogP) is 4.02. The zero-order chi connectivity index (χ0) is 13.9. The highest BCUT2D eigenvalue weighted by Crippen LogP contribution is 2.35. The maximum atomic E-state index is 12.7. The van der Waals surface area contributed by atoms with Gasteiger partial charge < -0.3 is 4.74 Å². The standard InChI is InChI=1S/C18H24O2/c1-2-13-6-5-8-15(10-13)18(19)16-11-14-7-3-4-9-17(14)20-12-16/h3-4,7,9,13,15-16H,2,5-6,8,10-12H2,1H3. The van der Waals surface area contributed by atoms with Crippen LogP contribution in [0, 0.1) is 17.8 Å². The minimum Gasteiger partial charge on any atom is -0.493 e. The highest BCUT2D eigenvalue weighted by Gasteiger charge is 2.33. The van der Waals surface area contributed by atoms with E-state index in [1.807, 2.05) is 18.2 Å². The lowest BCUT2D eigenvalue weighted by molar-refractivity contribution is -0.129. The van der Waals surface area contributed by atoms with Crippen molar-refractivity contribution in [3.05, 3.63) is 29.8 Å². The second kappa shape index (κ2) is 5.99. The zero-order valence-corrected chi connectivity index (χ0v) is 12.3. The SMILES string of the molecule is CCC1CCCC(C(=O)C2COc3ccccc3C2)C1. The van der Waals surface area contributed by atoms with Crippen molar-refractivity contribution in [3.8, 4) is 5.75 Å². The van der Waals surface area contributed by atoms with Gasteiger partial charge in [0.15, 0.2) is 0 Å². The Balaban J connectivity index is 1.67. The molecule has 0 spiro atoms. The first-order chi connectivity index (χ1) is 9.78. The van der Waals surface area contributed by atoms with Crippen LogP contribution in [0.15, 0.2) is 24.3 Å². The van der Waals surface area contributed by atoms with E-state index in [0.717, 1.165) is 30.9 Å². The van der Waals surface area contributed by atoms with Gasteiger partial charge in [0.05, 0.1) is 12.5 Å². The van der Waals surface area contributed by atoms with Crippen LogP contribution in [0.25, 0.3) is 0 Å². The van der Waals surface area contributed by atoms with Crippen molar-refractivity contribution in [2.24, 2.45) is 17.8 Å². The molecule has 1 aliphatic carbocycles. The number of ketones is 1. The molecular formula is C18H24O2. The van der Waals surface area contributed by atoms with Gasteiger partial charge in [-0.1, -0.05) is 44.4 Å². The smallest absolute Gasteiger partial charge is 0.142 e. The Labute approximate surface area is 121 Å². The van der Waals surface area contributed by atoms with Gasteiger partial charge in [-0.2, -0.15) is 0 Å². The van der Waals surface area contributed by atoms with Crippen LogP contribution in [-0.4, -0.2) is 12.4 Å². The van der Waals surface area contributed by atoms with Crippen molar-refractivity contribution in [3.63, 3.8) is 0 Å². The molecule has 0 aromatic heterocycles. The van der Waals surface area contributed by atoms with E-state index in [4.69, 9.17) is 4.74 Å². The summed E-state index contributed by atoms with van der Waals surface area (Å²) in [5, 5.41) is 0. The van der Waals surface area contributed by atoms with Gasteiger partial charge in [-0.25, -0.2) is 0 Å². The van der Waals surface area contributed by atoms with E-state index in [2.05, 4.69) is 13.0 Å². The van der Waals surface area contributed by atoms with Gasteiger partial charge >= 0.3 is 0 Å². The monoisotopic (exact) mass is 272 g/mol. The van der Waals surface area contributed by atoms with Gasteiger partial charge in [0.2, 0.25) is 0 Å². The minimum absolute atomic E-state index is 0.0745. The second-order valence-corrected chi connectivity index (χ2v) is 6.36. The predicted molar refractivity (Wildman–Crippen MR) is 79.9 cm³/mol. The highest BCUT2D eigenvalue weighted by molar-refractivity contribution is 5.84. The maximum Gasteiger partial charge on any atom is 0.142 e. The Morgan fingerprint density at radius 3 is 2.95 bits per heavy atom. The Morgan fingerprint density at radius 2 is 2.10 bits per heavy atom. The second-order valence-electron chi connectivity index (χ2n) is 6.36. The van der Waals surface area contributed by atoms with Crippen LogP contribution in [-0.2, 0) is 11.2 Å². The molecule has 1 saturated carbocycles. The molecule has 2 heteroatoms. The maximum absolute atomic E-state index is 12.7. The molecule has 3 rings (SSSR count). The Kier molecular flexibility index (Phi) is 4.09. The van der Waals surface area contributed by atoms with Crippen LogP contribution < -0.4 is 4.74 Å². The number of hydrogen-bond acceptors (Lipinski definition) is 2. The highest BCUT2D eigenvalue weighted by atomic mass is 16.5. The van der Waals surface area contributed by atoms with E-state index >= 15 is 0 Å². The average Bonchev–Trinajstić information content (AvgIpc) is 2.53. The molecule has 108 valence electrons. The number of carbonyl (C=O) groups is 1. The molecule has 0 amide bonds. The van der Waals surface area contributed by atoms with Crippen molar-refractivity contribution in [2.75, 3.05) is 6.61 Å². The lowest BCUT2D eigenvalue weighted by Crippen LogP contribution is -2.34. The molecule has 2 nitrogen and oxygen atoms in total. The largest absolute Gasteiger partial charge is 0.493 e. The lowest BCUT2D eigenvalue weighted by Gasteiger charge is -2.32. The molecule has 3 unspecified atom stereocenters. The van der Waals surface area contributed by atoms with E-state index in [-0.39, 0.29) is 11.8 Å². The number of fused-ring (bicyclic) bond motifs is 1. The Hall–Kier alpha value is -1.31. The molecule has 1 aliphatic heterocycles. The van der Waals surface area contributed by atoms with Crippen LogP contribution in [0.4, 0.5) is 0 Å². The summed E-state index contributed by atoms with van der Waals surface area (Å²) in [7, 11) is 0. The molecule has 3 atom stereocenters. The van der Waals surface area contributed by atoms with Crippen LogP contribution >= 0.6 is 0 Å². The number of Topliss-reactive ketones (excluding diaryl/α,β-unsaturated/α-hetero) is 1. The van der Waals surface area contributed by atoms with E-state index < -0.39 is 0 Å². The topological polar surface area (TPSA) is 26.3 Å². The summed E-state index contributed by atoms with van der Waals surface area (Å²) in [6.45, 7) is 2.82. The summed E-state index contributed by atoms with van der Waals surface area (Å²) >= 11 is 0. The molecule has 2 aliphatic rings. The third-order valence-corrected chi connectivity index (χ3v) is 5.04. The molecule has 1 fully saturated rings. The van der Waals surface area contributed by atoms with Gasteiger partial charge in [-0.3, -0.25) is 4.79 Å². The molecule has 1 heterocycles. The van der Waals surface area contributed by atoms with Gasteiger partial charge in [0.1, 0.15) is 11.5 Å². The van der Waals surface area contributed by atoms with Gasteiger partial charge in [0, 0.05) is 5.92 Å². The van der Waals surface area contributed by atoms with Crippen LogP contribution in [0.2, 0.25) is 0 Å². The number of rotatable bonds is 3. The summed E-state index contributed by atoms with van der Waals surface area (Å²) in [5.41, 5.74) is 1.19. The number of ether oxygens (including phenoxy) is 1.